The number of urea groups is 1. The molecule has 26 heavy (non-hydrogen) atoms. The third kappa shape index (κ3) is 3.30. The molecule has 1 fully saturated rings. The zero-order valence-corrected chi connectivity index (χ0v) is 15.7. The van der Waals surface area contributed by atoms with Gasteiger partial charge in [-0.1, -0.05) is 42.1 Å². The number of benzene rings is 1. The maximum atomic E-state index is 12.3. The molecule has 3 amide bonds. The van der Waals surface area contributed by atoms with Crippen LogP contribution in [0, 0.1) is 6.92 Å². The van der Waals surface area contributed by atoms with Crippen LogP contribution in [0.5, 0.6) is 0 Å². The summed E-state index contributed by atoms with van der Waals surface area (Å²) in [7, 11) is 0. The lowest BCUT2D eigenvalue weighted by molar-refractivity contribution is -0.124. The minimum Gasteiger partial charge on any atom is -0.336 e. The van der Waals surface area contributed by atoms with Crippen molar-refractivity contribution in [1.82, 2.24) is 20.2 Å². The molecule has 3 aromatic rings. The molecule has 0 saturated carbocycles. The van der Waals surface area contributed by atoms with E-state index in [0.717, 1.165) is 25.7 Å². The van der Waals surface area contributed by atoms with E-state index < -0.39 is 0 Å². The largest absolute Gasteiger partial charge is 0.336 e. The van der Waals surface area contributed by atoms with E-state index in [9.17, 15) is 9.59 Å². The van der Waals surface area contributed by atoms with Crippen molar-refractivity contribution in [3.63, 3.8) is 0 Å². The van der Waals surface area contributed by atoms with Crippen LogP contribution in [-0.2, 0) is 4.79 Å². The summed E-state index contributed by atoms with van der Waals surface area (Å²) in [6.07, 6.45) is 0. The lowest BCUT2D eigenvalue weighted by atomic mass is 10.2. The van der Waals surface area contributed by atoms with Crippen molar-refractivity contribution in [1.29, 1.82) is 0 Å². The van der Waals surface area contributed by atoms with Crippen LogP contribution >= 0.6 is 23.1 Å². The number of hydrogen-bond donors (Lipinski definition) is 1. The number of amides is 3. The molecule has 3 heterocycles. The van der Waals surface area contributed by atoms with Crippen LogP contribution in [0.25, 0.3) is 20.7 Å². The fourth-order valence-corrected chi connectivity index (χ4v) is 4.84. The van der Waals surface area contributed by atoms with Gasteiger partial charge in [-0.15, -0.1) is 11.3 Å². The Morgan fingerprint density at radius 2 is 2.12 bits per heavy atom. The van der Waals surface area contributed by atoms with Crippen LogP contribution in [0.1, 0.15) is 5.82 Å². The van der Waals surface area contributed by atoms with Crippen LogP contribution in [0.3, 0.4) is 0 Å². The van der Waals surface area contributed by atoms with Crippen molar-refractivity contribution < 1.29 is 9.59 Å². The first-order chi connectivity index (χ1) is 12.6. The number of nitrogens with one attached hydrogen (secondary N) is 1. The van der Waals surface area contributed by atoms with Gasteiger partial charge in [-0.3, -0.25) is 9.69 Å². The number of carbonyl (C=O) groups is 2. The quantitative estimate of drug-likeness (QED) is 0.552. The maximum Gasteiger partial charge on any atom is 0.324 e. The molecule has 0 spiro atoms. The molecule has 0 radical (unpaired) electrons. The molecular formula is C18H16N4O2S2. The number of rotatable bonds is 4. The van der Waals surface area contributed by atoms with Crippen molar-refractivity contribution in [3.05, 3.63) is 42.2 Å². The molecule has 0 aliphatic carbocycles. The van der Waals surface area contributed by atoms with Crippen LogP contribution in [-0.4, -0.2) is 45.6 Å². The number of hydrogen-bond acceptors (Lipinski definition) is 6. The van der Waals surface area contributed by atoms with E-state index in [1.165, 1.54) is 16.7 Å². The Balaban J connectivity index is 1.61. The number of fused-ring (bicyclic) bond motifs is 1. The standard InChI is InChI=1S/C18H16N4O2S2/c1-11-20-16(25-10-15(23)22-8-7-19-18(22)24)13-9-14(26-17(13)21-11)12-5-3-2-4-6-12/h2-6,9H,7-8,10H2,1H3,(H,19,24). The lowest BCUT2D eigenvalue weighted by Crippen LogP contribution is -2.35. The summed E-state index contributed by atoms with van der Waals surface area (Å²) in [5.41, 5.74) is 1.13. The smallest absolute Gasteiger partial charge is 0.324 e. The Kier molecular flexibility index (Phi) is 4.60. The fourth-order valence-electron chi connectivity index (χ4n) is 2.77. The Hall–Kier alpha value is -2.45. The van der Waals surface area contributed by atoms with Crippen LogP contribution in [0.15, 0.2) is 41.4 Å². The molecule has 4 rings (SSSR count). The van der Waals surface area contributed by atoms with E-state index in [4.69, 9.17) is 0 Å². The van der Waals surface area contributed by atoms with Gasteiger partial charge in [0, 0.05) is 23.4 Å². The summed E-state index contributed by atoms with van der Waals surface area (Å²) in [6.45, 7) is 2.78. The molecule has 6 nitrogen and oxygen atoms in total. The lowest BCUT2D eigenvalue weighted by Gasteiger charge is -2.11. The fraction of sp³-hybridized carbons (Fsp3) is 0.222. The molecule has 0 bridgehead atoms. The minimum absolute atomic E-state index is 0.176. The molecule has 1 aliphatic rings. The number of thiophene rings is 1. The van der Waals surface area contributed by atoms with Gasteiger partial charge in [0.2, 0.25) is 5.91 Å². The van der Waals surface area contributed by atoms with Crippen molar-refractivity contribution in [3.8, 4) is 10.4 Å². The van der Waals surface area contributed by atoms with Gasteiger partial charge >= 0.3 is 6.03 Å². The van der Waals surface area contributed by atoms with Gasteiger partial charge < -0.3 is 5.32 Å². The molecule has 8 heteroatoms. The van der Waals surface area contributed by atoms with Gasteiger partial charge in [0.15, 0.2) is 0 Å². The summed E-state index contributed by atoms with van der Waals surface area (Å²) in [4.78, 5) is 36.2. The Morgan fingerprint density at radius 1 is 1.31 bits per heavy atom. The Labute approximate surface area is 158 Å². The average Bonchev–Trinajstić information content (AvgIpc) is 3.26. The minimum atomic E-state index is -0.318. The highest BCUT2D eigenvalue weighted by atomic mass is 32.2. The monoisotopic (exact) mass is 384 g/mol. The van der Waals surface area contributed by atoms with Gasteiger partial charge in [0.25, 0.3) is 0 Å². The third-order valence-corrected chi connectivity index (χ3v) is 6.07. The highest BCUT2D eigenvalue weighted by molar-refractivity contribution is 8.00. The SMILES string of the molecule is Cc1nc(SCC(=O)N2CCNC2=O)c2cc(-c3ccccc3)sc2n1. The summed E-state index contributed by atoms with van der Waals surface area (Å²) in [6, 6.07) is 11.9. The number of nitrogens with zero attached hydrogens (tertiary/aromatic N) is 3. The van der Waals surface area contributed by atoms with E-state index >= 15 is 0 Å². The molecule has 1 N–H and O–H groups in total. The third-order valence-electron chi connectivity index (χ3n) is 4.02. The highest BCUT2D eigenvalue weighted by Gasteiger charge is 2.26. The molecule has 1 saturated heterocycles. The van der Waals surface area contributed by atoms with Gasteiger partial charge in [-0.25, -0.2) is 14.8 Å². The van der Waals surface area contributed by atoms with Gasteiger partial charge in [0.05, 0.1) is 5.75 Å². The van der Waals surface area contributed by atoms with Crippen molar-refractivity contribution in [2.75, 3.05) is 18.8 Å². The number of imide groups is 1. The second-order valence-corrected chi connectivity index (χ2v) is 7.83. The first-order valence-corrected chi connectivity index (χ1v) is 9.96. The van der Waals surface area contributed by atoms with E-state index in [0.29, 0.717) is 18.9 Å². The molecule has 0 atom stereocenters. The van der Waals surface area contributed by atoms with Crippen LogP contribution in [0.2, 0.25) is 0 Å². The van der Waals surface area contributed by atoms with Gasteiger partial charge in [-0.2, -0.15) is 0 Å². The topological polar surface area (TPSA) is 75.2 Å². The summed E-state index contributed by atoms with van der Waals surface area (Å²) >= 11 is 2.97. The molecule has 132 valence electrons. The number of carbonyl (C=O) groups excluding carboxylic acids is 2. The second-order valence-electron chi connectivity index (χ2n) is 5.84. The predicted molar refractivity (Wildman–Crippen MR) is 103 cm³/mol. The van der Waals surface area contributed by atoms with Crippen molar-refractivity contribution in [2.45, 2.75) is 11.9 Å². The van der Waals surface area contributed by atoms with Crippen LogP contribution in [0.4, 0.5) is 4.79 Å². The summed E-state index contributed by atoms with van der Waals surface area (Å²) in [5.74, 6) is 0.649. The van der Waals surface area contributed by atoms with E-state index in [1.807, 2.05) is 25.1 Å². The first kappa shape index (κ1) is 17.0. The maximum absolute atomic E-state index is 12.3. The number of thioether (sulfide) groups is 1. The molecular weight excluding hydrogens is 368 g/mol. The van der Waals surface area contributed by atoms with Crippen molar-refractivity contribution >= 4 is 45.3 Å². The molecule has 1 aromatic carbocycles. The molecule has 0 unspecified atom stereocenters. The molecule has 2 aromatic heterocycles. The average molecular weight is 384 g/mol. The Bertz CT molecular complexity index is 988. The van der Waals surface area contributed by atoms with Gasteiger partial charge in [-0.05, 0) is 18.6 Å². The van der Waals surface area contributed by atoms with Crippen LogP contribution < -0.4 is 5.32 Å². The number of aryl methyl sites for hydroxylation is 1. The number of aromatic nitrogens is 2. The first-order valence-electron chi connectivity index (χ1n) is 8.16. The van der Waals surface area contributed by atoms with E-state index in [-0.39, 0.29) is 17.7 Å². The normalized spacial score (nSPS) is 14.0. The zero-order valence-electron chi connectivity index (χ0n) is 14.1. The van der Waals surface area contributed by atoms with E-state index in [1.54, 1.807) is 11.3 Å². The highest BCUT2D eigenvalue weighted by Crippen LogP contribution is 2.36. The predicted octanol–water partition coefficient (Wildman–Crippen LogP) is 3.31. The van der Waals surface area contributed by atoms with E-state index in [2.05, 4.69) is 33.5 Å². The van der Waals surface area contributed by atoms with Gasteiger partial charge in [0.1, 0.15) is 15.7 Å². The van der Waals surface area contributed by atoms with Crippen molar-refractivity contribution in [2.24, 2.45) is 0 Å². The summed E-state index contributed by atoms with van der Waals surface area (Å²) < 4.78 is 0. The molecule has 1 aliphatic heterocycles. The Morgan fingerprint density at radius 3 is 2.85 bits per heavy atom. The summed E-state index contributed by atoms with van der Waals surface area (Å²) in [5, 5.41) is 4.37. The zero-order chi connectivity index (χ0) is 18.1. The second kappa shape index (κ2) is 7.05.